The van der Waals surface area contributed by atoms with Crippen molar-refractivity contribution in [2.24, 2.45) is 0 Å². The fourth-order valence-electron chi connectivity index (χ4n) is 0.900. The Morgan fingerprint density at radius 2 is 2.38 bits per heavy atom. The zero-order valence-corrected chi connectivity index (χ0v) is 7.49. The summed E-state index contributed by atoms with van der Waals surface area (Å²) >= 11 is 0. The van der Waals surface area contributed by atoms with Gasteiger partial charge in [-0.2, -0.15) is 0 Å². The van der Waals surface area contributed by atoms with E-state index < -0.39 is 0 Å². The van der Waals surface area contributed by atoms with E-state index in [1.165, 1.54) is 0 Å². The first kappa shape index (κ1) is 9.33. The molecule has 68 valence electrons. The normalized spacial score (nSPS) is 11.7. The first-order valence-electron chi connectivity index (χ1n) is 4.01. The fraction of sp³-hybridized carbons (Fsp3) is 0.333. The number of terminal acetylenes is 1. The monoisotopic (exact) mass is 176 g/mol. The zero-order chi connectivity index (χ0) is 9.68. The van der Waals surface area contributed by atoms with E-state index in [1.807, 2.05) is 6.92 Å². The van der Waals surface area contributed by atoms with Crippen LogP contribution >= 0.6 is 0 Å². The second-order valence-corrected chi connectivity index (χ2v) is 2.80. The number of hydrogen-bond acceptors (Lipinski definition) is 4. The van der Waals surface area contributed by atoms with Crippen molar-refractivity contribution < 1.29 is 0 Å². The molecule has 1 atom stereocenters. The van der Waals surface area contributed by atoms with Crippen LogP contribution in [-0.4, -0.2) is 16.2 Å². The second kappa shape index (κ2) is 4.31. The number of nitrogens with zero attached hydrogens (tertiary/aromatic N) is 2. The molecule has 0 aliphatic heterocycles. The van der Waals surface area contributed by atoms with Crippen molar-refractivity contribution in [3.63, 3.8) is 0 Å². The van der Waals surface area contributed by atoms with Gasteiger partial charge in [-0.3, -0.25) is 0 Å². The summed E-state index contributed by atoms with van der Waals surface area (Å²) in [4.78, 5) is 0. The zero-order valence-electron chi connectivity index (χ0n) is 7.49. The molecule has 0 amide bonds. The first-order chi connectivity index (χ1) is 6.22. The Bertz CT molecular complexity index is 298. The van der Waals surface area contributed by atoms with Gasteiger partial charge in [0.25, 0.3) is 0 Å². The third-order valence-corrected chi connectivity index (χ3v) is 1.50. The highest BCUT2D eigenvalue weighted by Gasteiger charge is 2.00. The minimum absolute atomic E-state index is 0.197. The van der Waals surface area contributed by atoms with Crippen LogP contribution in [0.1, 0.15) is 13.3 Å². The lowest BCUT2D eigenvalue weighted by Gasteiger charge is -2.10. The molecule has 0 saturated carbocycles. The van der Waals surface area contributed by atoms with E-state index in [0.717, 1.165) is 0 Å². The third kappa shape index (κ3) is 2.99. The van der Waals surface area contributed by atoms with Gasteiger partial charge in [0.15, 0.2) is 0 Å². The first-order valence-corrected chi connectivity index (χ1v) is 4.01. The van der Waals surface area contributed by atoms with Crippen LogP contribution in [0.25, 0.3) is 0 Å². The van der Waals surface area contributed by atoms with E-state index in [9.17, 15) is 0 Å². The maximum atomic E-state index is 5.38. The highest BCUT2D eigenvalue weighted by Crippen LogP contribution is 2.05. The van der Waals surface area contributed by atoms with Crippen LogP contribution in [0.4, 0.5) is 11.6 Å². The van der Waals surface area contributed by atoms with Crippen LogP contribution < -0.4 is 11.1 Å². The molecule has 0 bridgehead atoms. The van der Waals surface area contributed by atoms with Gasteiger partial charge in [0.1, 0.15) is 11.6 Å². The summed E-state index contributed by atoms with van der Waals surface area (Å²) in [7, 11) is 0. The molecule has 0 aliphatic rings. The Hall–Kier alpha value is -1.76. The maximum absolute atomic E-state index is 5.38. The summed E-state index contributed by atoms with van der Waals surface area (Å²) in [6.07, 6.45) is 5.82. The summed E-state index contributed by atoms with van der Waals surface area (Å²) in [6.45, 7) is 1.98. The van der Waals surface area contributed by atoms with Gasteiger partial charge in [-0.05, 0) is 19.1 Å². The van der Waals surface area contributed by atoms with Gasteiger partial charge in [-0.1, -0.05) is 0 Å². The van der Waals surface area contributed by atoms with Crippen LogP contribution in [0.2, 0.25) is 0 Å². The molecule has 0 fully saturated rings. The Kier molecular flexibility index (Phi) is 3.09. The number of nitrogens with one attached hydrogen (secondary N) is 1. The van der Waals surface area contributed by atoms with Crippen molar-refractivity contribution >= 4 is 11.6 Å². The van der Waals surface area contributed by atoms with E-state index in [4.69, 9.17) is 12.2 Å². The highest BCUT2D eigenvalue weighted by atomic mass is 15.2. The summed E-state index contributed by atoms with van der Waals surface area (Å²) in [5.74, 6) is 3.67. The molecule has 1 aromatic rings. The minimum Gasteiger partial charge on any atom is -0.382 e. The Balaban J connectivity index is 2.55. The van der Waals surface area contributed by atoms with Crippen LogP contribution in [0.5, 0.6) is 0 Å². The summed E-state index contributed by atoms with van der Waals surface area (Å²) in [6, 6.07) is 3.66. The van der Waals surface area contributed by atoms with E-state index >= 15 is 0 Å². The van der Waals surface area contributed by atoms with Crippen molar-refractivity contribution in [3.8, 4) is 12.3 Å². The lowest BCUT2D eigenvalue weighted by atomic mass is 10.2. The van der Waals surface area contributed by atoms with E-state index in [-0.39, 0.29) is 6.04 Å². The molecule has 0 saturated heterocycles. The number of nitrogen functional groups attached to an aromatic ring is 1. The largest absolute Gasteiger partial charge is 0.382 e. The minimum atomic E-state index is 0.197. The molecular weight excluding hydrogens is 164 g/mol. The van der Waals surface area contributed by atoms with Crippen molar-refractivity contribution in [3.05, 3.63) is 12.1 Å². The molecule has 1 rings (SSSR count). The number of hydrogen-bond donors (Lipinski definition) is 2. The predicted molar refractivity (Wildman–Crippen MR) is 53.0 cm³/mol. The number of anilines is 2. The number of aromatic nitrogens is 2. The molecular formula is C9H12N4. The lowest BCUT2D eigenvalue weighted by molar-refractivity contribution is 0.814. The van der Waals surface area contributed by atoms with Crippen LogP contribution in [0.3, 0.4) is 0 Å². The predicted octanol–water partition coefficient (Wildman–Crippen LogP) is 0.882. The molecule has 3 N–H and O–H groups in total. The van der Waals surface area contributed by atoms with E-state index in [2.05, 4.69) is 21.4 Å². The standard InChI is InChI=1S/C9H12N4/c1-3-4-7(2)11-9-6-5-8(10)12-13-9/h1,5-7H,4H2,2H3,(H2,10,12)(H,11,13). The number of nitrogens with two attached hydrogens (primary N) is 1. The van der Waals surface area contributed by atoms with Crippen molar-refractivity contribution in [2.75, 3.05) is 11.1 Å². The molecule has 4 nitrogen and oxygen atoms in total. The Morgan fingerprint density at radius 1 is 1.62 bits per heavy atom. The molecule has 0 radical (unpaired) electrons. The topological polar surface area (TPSA) is 63.8 Å². The van der Waals surface area contributed by atoms with Gasteiger partial charge in [0, 0.05) is 12.5 Å². The SMILES string of the molecule is C#CCC(C)Nc1ccc(N)nn1. The van der Waals surface area contributed by atoms with Crippen LogP contribution in [0.15, 0.2) is 12.1 Å². The molecule has 4 heteroatoms. The summed E-state index contributed by atoms with van der Waals surface area (Å²) < 4.78 is 0. The van der Waals surface area contributed by atoms with Crippen molar-refractivity contribution in [1.29, 1.82) is 0 Å². The Labute approximate surface area is 77.6 Å². The highest BCUT2D eigenvalue weighted by molar-refractivity contribution is 5.39. The number of rotatable bonds is 3. The van der Waals surface area contributed by atoms with Crippen LogP contribution in [-0.2, 0) is 0 Å². The molecule has 0 aromatic carbocycles. The fourth-order valence-corrected chi connectivity index (χ4v) is 0.900. The van der Waals surface area contributed by atoms with E-state index in [1.54, 1.807) is 12.1 Å². The molecule has 0 aliphatic carbocycles. The molecule has 0 spiro atoms. The summed E-state index contributed by atoms with van der Waals surface area (Å²) in [5, 5.41) is 10.7. The summed E-state index contributed by atoms with van der Waals surface area (Å²) in [5.41, 5.74) is 5.38. The van der Waals surface area contributed by atoms with Crippen molar-refractivity contribution in [1.82, 2.24) is 10.2 Å². The maximum Gasteiger partial charge on any atom is 0.149 e. The average molecular weight is 176 g/mol. The molecule has 1 heterocycles. The van der Waals surface area contributed by atoms with Crippen LogP contribution in [0, 0.1) is 12.3 Å². The molecule has 13 heavy (non-hydrogen) atoms. The van der Waals surface area contributed by atoms with Gasteiger partial charge in [0.2, 0.25) is 0 Å². The van der Waals surface area contributed by atoms with Crippen molar-refractivity contribution in [2.45, 2.75) is 19.4 Å². The van der Waals surface area contributed by atoms with Gasteiger partial charge >= 0.3 is 0 Å². The lowest BCUT2D eigenvalue weighted by Crippen LogP contribution is -2.15. The smallest absolute Gasteiger partial charge is 0.149 e. The van der Waals surface area contributed by atoms with E-state index in [0.29, 0.717) is 18.1 Å². The molecule has 1 unspecified atom stereocenters. The van der Waals surface area contributed by atoms with Gasteiger partial charge in [-0.15, -0.1) is 22.5 Å². The molecule has 1 aromatic heterocycles. The third-order valence-electron chi connectivity index (χ3n) is 1.50. The quantitative estimate of drug-likeness (QED) is 0.671. The van der Waals surface area contributed by atoms with Gasteiger partial charge in [-0.25, -0.2) is 0 Å². The second-order valence-electron chi connectivity index (χ2n) is 2.80. The Morgan fingerprint density at radius 3 is 2.92 bits per heavy atom. The van der Waals surface area contributed by atoms with Gasteiger partial charge in [0.05, 0.1) is 0 Å². The van der Waals surface area contributed by atoms with Gasteiger partial charge < -0.3 is 11.1 Å². The average Bonchev–Trinajstić information content (AvgIpc) is 2.09.